The van der Waals surface area contributed by atoms with Crippen molar-refractivity contribution in [1.82, 2.24) is 9.88 Å². The maximum absolute atomic E-state index is 15.3. The summed E-state index contributed by atoms with van der Waals surface area (Å²) >= 11 is 0. The Bertz CT molecular complexity index is 1730. The first-order valence-electron chi connectivity index (χ1n) is 14.3. The minimum Gasteiger partial charge on any atom is -0.467 e. The fourth-order valence-corrected chi connectivity index (χ4v) is 5.60. The number of nitrogens with one attached hydrogen (secondary N) is 1. The van der Waals surface area contributed by atoms with Gasteiger partial charge in [0.15, 0.2) is 0 Å². The second kappa shape index (κ2) is 13.4. The van der Waals surface area contributed by atoms with Gasteiger partial charge in [-0.15, -0.1) is 0 Å². The highest BCUT2D eigenvalue weighted by Crippen LogP contribution is 2.37. The summed E-state index contributed by atoms with van der Waals surface area (Å²) in [5, 5.41) is 2.39. The number of morpholine rings is 1. The van der Waals surface area contributed by atoms with E-state index in [0.29, 0.717) is 5.56 Å². The summed E-state index contributed by atoms with van der Waals surface area (Å²) in [5.41, 5.74) is -2.29. The van der Waals surface area contributed by atoms with Crippen molar-refractivity contribution >= 4 is 17.6 Å². The number of amides is 1. The van der Waals surface area contributed by atoms with Crippen LogP contribution in [0.1, 0.15) is 38.3 Å². The normalized spacial score (nSPS) is 16.2. The number of rotatable bonds is 7. The van der Waals surface area contributed by atoms with Gasteiger partial charge in [0.25, 0.3) is 11.5 Å². The molecule has 0 saturated carbocycles. The molecule has 1 fully saturated rings. The molecule has 1 N–H and O–H groups in total. The van der Waals surface area contributed by atoms with Gasteiger partial charge in [0.05, 0.1) is 37.0 Å². The summed E-state index contributed by atoms with van der Waals surface area (Å²) in [5.74, 6) is -3.07. The fraction of sp³-hybridized carbons (Fsp3) is 0.406. The molecule has 8 nitrogen and oxygen atoms in total. The molecule has 0 bridgehead atoms. The summed E-state index contributed by atoms with van der Waals surface area (Å²) in [6, 6.07) is 3.69. The third-order valence-electron chi connectivity index (χ3n) is 8.10. The van der Waals surface area contributed by atoms with Gasteiger partial charge in [0.2, 0.25) is 0 Å². The van der Waals surface area contributed by atoms with Gasteiger partial charge in [0.1, 0.15) is 17.9 Å². The lowest BCUT2D eigenvalue weighted by Gasteiger charge is -2.38. The first-order valence-corrected chi connectivity index (χ1v) is 14.3. The number of alkyl halides is 6. The van der Waals surface area contributed by atoms with Gasteiger partial charge in [-0.25, -0.2) is 9.18 Å². The zero-order valence-electron chi connectivity index (χ0n) is 26.0. The van der Waals surface area contributed by atoms with Crippen LogP contribution < -0.4 is 15.8 Å². The number of aromatic nitrogens is 1. The fourth-order valence-electron chi connectivity index (χ4n) is 5.60. The number of benzene rings is 2. The molecule has 2 heterocycles. The Labute approximate surface area is 265 Å². The van der Waals surface area contributed by atoms with E-state index in [0.717, 1.165) is 28.7 Å². The molecule has 3 aromatic rings. The molecule has 0 unspecified atom stereocenters. The molecule has 0 radical (unpaired) electrons. The number of hydrogen-bond donors (Lipinski definition) is 1. The van der Waals surface area contributed by atoms with Crippen molar-refractivity contribution in [2.45, 2.75) is 51.6 Å². The number of carbonyl (C=O) groups excluding carboxylic acids is 2. The van der Waals surface area contributed by atoms with Crippen LogP contribution in [0.15, 0.2) is 41.2 Å². The van der Waals surface area contributed by atoms with Crippen molar-refractivity contribution in [3.63, 3.8) is 0 Å². The molecule has 4 rings (SSSR count). The van der Waals surface area contributed by atoms with E-state index in [1.165, 1.54) is 52.1 Å². The maximum atomic E-state index is 15.3. The lowest BCUT2D eigenvalue weighted by atomic mass is 9.93. The molecule has 15 heteroatoms. The molecule has 1 aliphatic heterocycles. The van der Waals surface area contributed by atoms with Crippen LogP contribution in [0.5, 0.6) is 0 Å². The van der Waals surface area contributed by atoms with Crippen LogP contribution in [0.4, 0.5) is 36.4 Å². The maximum Gasteiger partial charge on any atom is 0.417 e. The van der Waals surface area contributed by atoms with E-state index in [1.54, 1.807) is 0 Å². The molecule has 2 aromatic carbocycles. The van der Waals surface area contributed by atoms with Gasteiger partial charge >= 0.3 is 18.3 Å². The van der Waals surface area contributed by atoms with E-state index in [9.17, 15) is 40.7 Å². The Balaban J connectivity index is 1.62. The van der Waals surface area contributed by atoms with Gasteiger partial charge in [-0.2, -0.15) is 26.3 Å². The molecular weight excluding hydrogens is 639 g/mol. The third kappa shape index (κ3) is 7.45. The van der Waals surface area contributed by atoms with Crippen LogP contribution in [0.25, 0.3) is 11.1 Å². The van der Waals surface area contributed by atoms with Gasteiger partial charge in [0, 0.05) is 31.4 Å². The van der Waals surface area contributed by atoms with Crippen LogP contribution in [0.2, 0.25) is 0 Å². The Morgan fingerprint density at radius 2 is 1.72 bits per heavy atom. The molecule has 0 aliphatic carbocycles. The van der Waals surface area contributed by atoms with Crippen LogP contribution in [0, 0.1) is 26.6 Å². The summed E-state index contributed by atoms with van der Waals surface area (Å²) in [6.45, 7) is 3.40. The molecule has 1 saturated heterocycles. The second-order valence-corrected chi connectivity index (χ2v) is 11.3. The van der Waals surface area contributed by atoms with Crippen molar-refractivity contribution < 1.29 is 49.8 Å². The smallest absolute Gasteiger partial charge is 0.417 e. The number of nitrogens with zero attached hydrogens (tertiary/aromatic N) is 2. The van der Waals surface area contributed by atoms with Gasteiger partial charge in [-0.05, 0) is 61.2 Å². The van der Waals surface area contributed by atoms with Gasteiger partial charge in [-0.1, -0.05) is 18.2 Å². The minimum absolute atomic E-state index is 0.00822. The van der Waals surface area contributed by atoms with E-state index < -0.39 is 71.0 Å². The van der Waals surface area contributed by atoms with Gasteiger partial charge in [-0.3, -0.25) is 9.59 Å². The highest BCUT2D eigenvalue weighted by molar-refractivity contribution is 5.98. The number of esters is 1. The largest absolute Gasteiger partial charge is 0.467 e. The topological polar surface area (TPSA) is 89.9 Å². The number of methoxy groups -OCH3 is 1. The predicted octanol–water partition coefficient (Wildman–Crippen LogP) is 5.42. The molecule has 2 atom stereocenters. The molecule has 47 heavy (non-hydrogen) atoms. The van der Waals surface area contributed by atoms with Crippen molar-refractivity contribution in [3.8, 4) is 11.1 Å². The lowest BCUT2D eigenvalue weighted by molar-refractivity contribution is -0.167. The number of carbonyl (C=O) groups is 2. The first-order chi connectivity index (χ1) is 21.8. The van der Waals surface area contributed by atoms with E-state index in [2.05, 4.69) is 5.32 Å². The Kier molecular flexibility index (Phi) is 10.1. The number of aryl methyl sites for hydroxylation is 3. The monoisotopic (exact) mass is 671 g/mol. The number of hydrogen-bond acceptors (Lipinski definition) is 6. The standard InChI is InChI=1S/C32H32F7N3O5/c1-16-10-19(6-7-21(16)27-22(31(34,35)36)12-18(3)41(4)29(27)44)13-24(30(45)46-5)40-28(43)26-17(2)11-20(14-23(26)33)42-8-9-47-15-25(42)32(37,38)39/h6-7,10-12,14,24-25H,8-9,13,15H2,1-5H3,(H,40,43)/t24-,25+/m0/s1. The highest BCUT2D eigenvalue weighted by Gasteiger charge is 2.46. The Hall–Kier alpha value is -4.40. The summed E-state index contributed by atoms with van der Waals surface area (Å²) in [7, 11) is 2.41. The lowest BCUT2D eigenvalue weighted by Crippen LogP contribution is -2.53. The van der Waals surface area contributed by atoms with E-state index in [1.807, 2.05) is 0 Å². The zero-order valence-corrected chi connectivity index (χ0v) is 26.0. The van der Waals surface area contributed by atoms with E-state index in [4.69, 9.17) is 9.47 Å². The number of halogens is 7. The van der Waals surface area contributed by atoms with Crippen molar-refractivity contribution in [1.29, 1.82) is 0 Å². The Morgan fingerprint density at radius 1 is 1.04 bits per heavy atom. The van der Waals surface area contributed by atoms with Crippen LogP contribution >= 0.6 is 0 Å². The average molecular weight is 672 g/mol. The minimum atomic E-state index is -4.81. The van der Waals surface area contributed by atoms with Crippen LogP contribution in [-0.2, 0) is 33.9 Å². The SMILES string of the molecule is COC(=O)[C@H](Cc1ccc(-c2c(C(F)(F)F)cc(C)n(C)c2=O)c(C)c1)NC(=O)c1c(C)cc(N2CCOC[C@@H]2C(F)(F)F)cc1F. The predicted molar refractivity (Wildman–Crippen MR) is 158 cm³/mol. The highest BCUT2D eigenvalue weighted by atomic mass is 19.4. The quantitative estimate of drug-likeness (QED) is 0.267. The summed E-state index contributed by atoms with van der Waals surface area (Å²) in [4.78, 5) is 39.8. The van der Waals surface area contributed by atoms with E-state index in [-0.39, 0.29) is 47.6 Å². The molecule has 1 aromatic heterocycles. The Morgan fingerprint density at radius 3 is 2.30 bits per heavy atom. The molecule has 254 valence electrons. The first kappa shape index (κ1) is 35.5. The third-order valence-corrected chi connectivity index (χ3v) is 8.10. The van der Waals surface area contributed by atoms with Gasteiger partial charge < -0.3 is 24.3 Å². The molecule has 1 amide bonds. The zero-order chi connectivity index (χ0) is 35.0. The van der Waals surface area contributed by atoms with Crippen LogP contribution in [0.3, 0.4) is 0 Å². The van der Waals surface area contributed by atoms with E-state index >= 15 is 4.39 Å². The molecule has 0 spiro atoms. The molecule has 1 aliphatic rings. The molecular formula is C32H32F7N3O5. The number of ether oxygens (including phenoxy) is 2. The van der Waals surface area contributed by atoms with Crippen molar-refractivity contribution in [2.75, 3.05) is 31.8 Å². The summed E-state index contributed by atoms with van der Waals surface area (Å²) < 4.78 is 109. The summed E-state index contributed by atoms with van der Waals surface area (Å²) in [6.07, 6.45) is -9.69. The average Bonchev–Trinajstić information content (AvgIpc) is 2.98. The number of anilines is 1. The second-order valence-electron chi connectivity index (χ2n) is 11.3. The van der Waals surface area contributed by atoms with Crippen LogP contribution in [-0.4, -0.2) is 61.6 Å². The van der Waals surface area contributed by atoms with Crippen molar-refractivity contribution in [2.24, 2.45) is 7.05 Å². The van der Waals surface area contributed by atoms with Crippen molar-refractivity contribution in [3.05, 3.63) is 86.1 Å². The number of pyridine rings is 1.